The fraction of sp³-hybridized carbons (Fsp3) is 0.533. The SMILES string of the molecule is CCOc1ccc(CCC(=O)NC(C)C)cc1OC. The first-order chi connectivity index (χ1) is 9.06. The summed E-state index contributed by atoms with van der Waals surface area (Å²) in [6.45, 7) is 6.45. The second-order valence-electron chi connectivity index (χ2n) is 4.64. The van der Waals surface area contributed by atoms with Crippen LogP contribution in [-0.4, -0.2) is 25.7 Å². The molecule has 4 nitrogen and oxygen atoms in total. The summed E-state index contributed by atoms with van der Waals surface area (Å²) in [5.41, 5.74) is 1.07. The molecule has 0 unspecified atom stereocenters. The molecule has 0 atom stereocenters. The van der Waals surface area contributed by atoms with Crippen LogP contribution in [0.2, 0.25) is 0 Å². The molecule has 1 N–H and O–H groups in total. The van der Waals surface area contributed by atoms with Crippen LogP contribution in [0.5, 0.6) is 11.5 Å². The van der Waals surface area contributed by atoms with Gasteiger partial charge >= 0.3 is 0 Å². The summed E-state index contributed by atoms with van der Waals surface area (Å²) in [6.07, 6.45) is 1.18. The van der Waals surface area contributed by atoms with Gasteiger partial charge in [-0.1, -0.05) is 6.07 Å². The molecule has 0 fully saturated rings. The second-order valence-corrected chi connectivity index (χ2v) is 4.64. The molecule has 0 saturated carbocycles. The number of hydrogen-bond acceptors (Lipinski definition) is 3. The van der Waals surface area contributed by atoms with Crippen LogP contribution in [-0.2, 0) is 11.2 Å². The normalized spacial score (nSPS) is 10.4. The van der Waals surface area contributed by atoms with Gasteiger partial charge in [-0.2, -0.15) is 0 Å². The van der Waals surface area contributed by atoms with Gasteiger partial charge in [0, 0.05) is 12.5 Å². The van der Waals surface area contributed by atoms with Gasteiger partial charge in [-0.25, -0.2) is 0 Å². The molecule has 0 spiro atoms. The molecule has 1 aromatic carbocycles. The summed E-state index contributed by atoms with van der Waals surface area (Å²) in [5.74, 6) is 1.52. The molecule has 0 aliphatic carbocycles. The Morgan fingerprint density at radius 1 is 1.32 bits per heavy atom. The van der Waals surface area contributed by atoms with Crippen molar-refractivity contribution in [2.75, 3.05) is 13.7 Å². The van der Waals surface area contributed by atoms with Gasteiger partial charge in [0.25, 0.3) is 0 Å². The van der Waals surface area contributed by atoms with E-state index in [-0.39, 0.29) is 11.9 Å². The Balaban J connectivity index is 2.62. The van der Waals surface area contributed by atoms with Gasteiger partial charge in [0.2, 0.25) is 5.91 Å². The largest absolute Gasteiger partial charge is 0.493 e. The van der Waals surface area contributed by atoms with E-state index < -0.39 is 0 Å². The molecule has 0 radical (unpaired) electrons. The van der Waals surface area contributed by atoms with Crippen LogP contribution >= 0.6 is 0 Å². The molecule has 0 saturated heterocycles. The van der Waals surface area contributed by atoms with E-state index in [1.54, 1.807) is 7.11 Å². The molecular weight excluding hydrogens is 242 g/mol. The lowest BCUT2D eigenvalue weighted by atomic mass is 10.1. The van der Waals surface area contributed by atoms with Crippen LogP contribution in [0, 0.1) is 0 Å². The maximum absolute atomic E-state index is 11.6. The number of ether oxygens (including phenoxy) is 2. The fourth-order valence-electron chi connectivity index (χ4n) is 1.79. The summed E-state index contributed by atoms with van der Waals surface area (Å²) < 4.78 is 10.7. The first-order valence-electron chi connectivity index (χ1n) is 6.65. The van der Waals surface area contributed by atoms with Crippen molar-refractivity contribution in [3.8, 4) is 11.5 Å². The molecule has 0 heterocycles. The molecule has 1 rings (SSSR count). The molecule has 106 valence electrons. The van der Waals surface area contributed by atoms with E-state index in [2.05, 4.69) is 5.32 Å². The van der Waals surface area contributed by atoms with E-state index in [0.717, 1.165) is 11.3 Å². The third-order valence-corrected chi connectivity index (χ3v) is 2.62. The Labute approximate surface area is 115 Å². The molecule has 0 aliphatic rings. The topological polar surface area (TPSA) is 47.6 Å². The zero-order chi connectivity index (χ0) is 14.3. The number of aryl methyl sites for hydroxylation is 1. The van der Waals surface area contributed by atoms with Crippen LogP contribution in [0.1, 0.15) is 32.8 Å². The zero-order valence-corrected chi connectivity index (χ0v) is 12.2. The maximum Gasteiger partial charge on any atom is 0.220 e. The van der Waals surface area contributed by atoms with Crippen molar-refractivity contribution >= 4 is 5.91 Å². The number of methoxy groups -OCH3 is 1. The highest BCUT2D eigenvalue weighted by Crippen LogP contribution is 2.28. The first-order valence-corrected chi connectivity index (χ1v) is 6.65. The van der Waals surface area contributed by atoms with Gasteiger partial charge in [-0.15, -0.1) is 0 Å². The van der Waals surface area contributed by atoms with Crippen molar-refractivity contribution in [2.24, 2.45) is 0 Å². The number of carbonyl (C=O) groups excluding carboxylic acids is 1. The number of nitrogens with one attached hydrogen (secondary N) is 1. The average molecular weight is 265 g/mol. The van der Waals surface area contributed by atoms with Gasteiger partial charge in [0.1, 0.15) is 0 Å². The predicted molar refractivity (Wildman–Crippen MR) is 75.8 cm³/mol. The van der Waals surface area contributed by atoms with E-state index in [0.29, 0.717) is 25.2 Å². The minimum Gasteiger partial charge on any atom is -0.493 e. The summed E-state index contributed by atoms with van der Waals surface area (Å²) in [7, 11) is 1.62. The lowest BCUT2D eigenvalue weighted by Crippen LogP contribution is -2.30. The third kappa shape index (κ3) is 5.20. The van der Waals surface area contributed by atoms with E-state index in [4.69, 9.17) is 9.47 Å². The van der Waals surface area contributed by atoms with E-state index in [1.807, 2.05) is 39.0 Å². The van der Waals surface area contributed by atoms with Crippen molar-refractivity contribution in [2.45, 2.75) is 39.7 Å². The van der Waals surface area contributed by atoms with E-state index in [9.17, 15) is 4.79 Å². The molecule has 1 amide bonds. The highest BCUT2D eigenvalue weighted by Gasteiger charge is 2.07. The van der Waals surface area contributed by atoms with Crippen LogP contribution < -0.4 is 14.8 Å². The number of hydrogen-bond donors (Lipinski definition) is 1. The van der Waals surface area contributed by atoms with Crippen molar-refractivity contribution in [3.05, 3.63) is 23.8 Å². The maximum atomic E-state index is 11.6. The number of carbonyl (C=O) groups is 1. The van der Waals surface area contributed by atoms with Crippen molar-refractivity contribution in [1.29, 1.82) is 0 Å². The van der Waals surface area contributed by atoms with Crippen molar-refractivity contribution in [3.63, 3.8) is 0 Å². The minimum atomic E-state index is 0.0721. The van der Waals surface area contributed by atoms with Gasteiger partial charge in [0.05, 0.1) is 13.7 Å². The average Bonchev–Trinajstić information content (AvgIpc) is 2.37. The van der Waals surface area contributed by atoms with Gasteiger partial charge in [-0.3, -0.25) is 4.79 Å². The van der Waals surface area contributed by atoms with Crippen LogP contribution in [0.4, 0.5) is 0 Å². The zero-order valence-electron chi connectivity index (χ0n) is 12.2. The highest BCUT2D eigenvalue weighted by atomic mass is 16.5. The molecule has 4 heteroatoms. The quantitative estimate of drug-likeness (QED) is 0.824. The standard InChI is InChI=1S/C15H23NO3/c1-5-19-13-8-6-12(10-14(13)18-4)7-9-15(17)16-11(2)3/h6,8,10-11H,5,7,9H2,1-4H3,(H,16,17). The van der Waals surface area contributed by atoms with Crippen molar-refractivity contribution in [1.82, 2.24) is 5.32 Å². The lowest BCUT2D eigenvalue weighted by molar-refractivity contribution is -0.121. The monoisotopic (exact) mass is 265 g/mol. The highest BCUT2D eigenvalue weighted by molar-refractivity contribution is 5.76. The van der Waals surface area contributed by atoms with Crippen molar-refractivity contribution < 1.29 is 14.3 Å². The Morgan fingerprint density at radius 2 is 2.05 bits per heavy atom. The Morgan fingerprint density at radius 3 is 2.63 bits per heavy atom. The van der Waals surface area contributed by atoms with Gasteiger partial charge in [-0.05, 0) is 44.9 Å². The van der Waals surface area contributed by atoms with E-state index in [1.165, 1.54) is 0 Å². The third-order valence-electron chi connectivity index (χ3n) is 2.62. The van der Waals surface area contributed by atoms with E-state index >= 15 is 0 Å². The molecular formula is C15H23NO3. The summed E-state index contributed by atoms with van der Waals surface area (Å²) in [6, 6.07) is 5.96. The Hall–Kier alpha value is -1.71. The lowest BCUT2D eigenvalue weighted by Gasteiger charge is -2.11. The molecule has 19 heavy (non-hydrogen) atoms. The summed E-state index contributed by atoms with van der Waals surface area (Å²) >= 11 is 0. The predicted octanol–water partition coefficient (Wildman–Crippen LogP) is 2.55. The minimum absolute atomic E-state index is 0.0721. The number of benzene rings is 1. The van der Waals surface area contributed by atoms with Gasteiger partial charge in [0.15, 0.2) is 11.5 Å². The molecule has 0 aromatic heterocycles. The summed E-state index contributed by atoms with van der Waals surface area (Å²) in [5, 5.41) is 2.88. The van der Waals surface area contributed by atoms with Crippen LogP contribution in [0.3, 0.4) is 0 Å². The Bertz CT molecular complexity index is 416. The smallest absolute Gasteiger partial charge is 0.220 e. The van der Waals surface area contributed by atoms with Crippen LogP contribution in [0.25, 0.3) is 0 Å². The Kier molecular flexibility index (Phi) is 6.19. The first kappa shape index (κ1) is 15.3. The number of rotatable bonds is 7. The second kappa shape index (κ2) is 7.67. The molecule has 0 aliphatic heterocycles. The molecule has 0 bridgehead atoms. The van der Waals surface area contributed by atoms with Crippen LogP contribution in [0.15, 0.2) is 18.2 Å². The van der Waals surface area contributed by atoms with Gasteiger partial charge < -0.3 is 14.8 Å². The fourth-order valence-corrected chi connectivity index (χ4v) is 1.79. The number of amides is 1. The summed E-state index contributed by atoms with van der Waals surface area (Å²) in [4.78, 5) is 11.6. The molecule has 1 aromatic rings.